The molecule has 1 aliphatic heterocycles. The molecule has 1 saturated heterocycles. The average Bonchev–Trinajstić information content (AvgIpc) is 2.90. The summed E-state index contributed by atoms with van der Waals surface area (Å²) >= 11 is 1.53. The fourth-order valence-electron chi connectivity index (χ4n) is 3.48. The quantitative estimate of drug-likeness (QED) is 0.909. The molecule has 6 heteroatoms. The zero-order valence-electron chi connectivity index (χ0n) is 15.3. The molecule has 1 aromatic heterocycles. The number of hydrogen-bond donors (Lipinski definition) is 1. The highest BCUT2D eigenvalue weighted by molar-refractivity contribution is 7.16. The summed E-state index contributed by atoms with van der Waals surface area (Å²) in [5, 5.41) is 10.3. The fraction of sp³-hybridized carbons (Fsp3) is 0.474. The van der Waals surface area contributed by atoms with Crippen molar-refractivity contribution < 1.29 is 9.90 Å². The van der Waals surface area contributed by atoms with Crippen molar-refractivity contribution in [2.75, 3.05) is 38.1 Å². The van der Waals surface area contributed by atoms with Gasteiger partial charge < -0.3 is 14.9 Å². The van der Waals surface area contributed by atoms with Gasteiger partial charge in [-0.05, 0) is 38.9 Å². The normalized spacial score (nSPS) is 15.6. The zero-order valence-corrected chi connectivity index (χ0v) is 16.1. The molecule has 2 heterocycles. The number of aromatic nitrogens is 1. The Kier molecular flexibility index (Phi) is 5.11. The highest BCUT2D eigenvalue weighted by Crippen LogP contribution is 2.37. The molecule has 3 rings (SSSR count). The van der Waals surface area contributed by atoms with Gasteiger partial charge in [-0.2, -0.15) is 0 Å². The Morgan fingerprint density at radius 3 is 2.32 bits per heavy atom. The third-order valence-corrected chi connectivity index (χ3v) is 5.80. The van der Waals surface area contributed by atoms with Crippen molar-refractivity contribution in [3.05, 3.63) is 33.7 Å². The smallest absolute Gasteiger partial charge is 0.308 e. The Morgan fingerprint density at radius 1 is 1.16 bits per heavy atom. The summed E-state index contributed by atoms with van der Waals surface area (Å²) in [4.78, 5) is 21.7. The number of nitrogens with zero attached hydrogens (tertiary/aromatic N) is 3. The molecule has 0 bridgehead atoms. The van der Waals surface area contributed by atoms with Crippen LogP contribution in [0.2, 0.25) is 0 Å². The Hall–Kier alpha value is -1.92. The fourth-order valence-corrected chi connectivity index (χ4v) is 4.59. The second-order valence-corrected chi connectivity index (χ2v) is 7.96. The number of carboxylic acids is 1. The van der Waals surface area contributed by atoms with E-state index in [9.17, 15) is 9.90 Å². The minimum absolute atomic E-state index is 0.0213. The van der Waals surface area contributed by atoms with Gasteiger partial charge >= 0.3 is 5.97 Å². The summed E-state index contributed by atoms with van der Waals surface area (Å²) in [7, 11) is 2.12. The highest BCUT2D eigenvalue weighted by Gasteiger charge is 2.23. The first-order valence-corrected chi connectivity index (χ1v) is 9.40. The third-order valence-electron chi connectivity index (χ3n) is 4.69. The van der Waals surface area contributed by atoms with E-state index in [1.807, 2.05) is 0 Å². The van der Waals surface area contributed by atoms with E-state index in [2.05, 4.69) is 49.8 Å². The minimum Gasteiger partial charge on any atom is -0.481 e. The number of piperazine rings is 1. The first-order chi connectivity index (χ1) is 11.8. The standard InChI is InChI=1S/C19H25N3O2S/c1-12-9-13(2)17(14(3)10-12)18-15(11-16(23)24)25-19(20-18)22-7-5-21(4)6-8-22/h9-10H,5-8,11H2,1-4H3,(H,23,24). The van der Waals surface area contributed by atoms with E-state index in [0.29, 0.717) is 0 Å². The van der Waals surface area contributed by atoms with Crippen molar-refractivity contribution in [3.8, 4) is 11.3 Å². The Labute approximate surface area is 152 Å². The van der Waals surface area contributed by atoms with Gasteiger partial charge in [-0.15, -0.1) is 11.3 Å². The summed E-state index contributed by atoms with van der Waals surface area (Å²) in [6.45, 7) is 10.1. The molecule has 1 N–H and O–H groups in total. The summed E-state index contributed by atoms with van der Waals surface area (Å²) in [5.74, 6) is -0.808. The van der Waals surface area contributed by atoms with Crippen LogP contribution in [0.5, 0.6) is 0 Å². The number of thiazole rings is 1. The lowest BCUT2D eigenvalue weighted by Crippen LogP contribution is -2.44. The van der Waals surface area contributed by atoms with Crippen LogP contribution in [0.25, 0.3) is 11.3 Å². The molecular formula is C19H25N3O2S. The molecule has 0 amide bonds. The molecule has 2 aromatic rings. The lowest BCUT2D eigenvalue weighted by molar-refractivity contribution is -0.136. The van der Waals surface area contributed by atoms with E-state index in [4.69, 9.17) is 4.98 Å². The minimum atomic E-state index is -0.808. The van der Waals surface area contributed by atoms with E-state index in [0.717, 1.165) is 58.6 Å². The molecule has 0 unspecified atom stereocenters. The van der Waals surface area contributed by atoms with Crippen LogP contribution in [0.1, 0.15) is 21.6 Å². The predicted octanol–water partition coefficient (Wildman–Crippen LogP) is 3.11. The summed E-state index contributed by atoms with van der Waals surface area (Å²) < 4.78 is 0. The van der Waals surface area contributed by atoms with Crippen LogP contribution in [0.15, 0.2) is 12.1 Å². The molecule has 0 atom stereocenters. The van der Waals surface area contributed by atoms with Gasteiger partial charge in [-0.25, -0.2) is 4.98 Å². The number of carboxylic acid groups (broad SMARTS) is 1. The van der Waals surface area contributed by atoms with E-state index < -0.39 is 5.97 Å². The highest BCUT2D eigenvalue weighted by atomic mass is 32.1. The molecule has 1 fully saturated rings. The van der Waals surface area contributed by atoms with Crippen molar-refractivity contribution in [3.63, 3.8) is 0 Å². The number of anilines is 1. The maximum atomic E-state index is 11.4. The van der Waals surface area contributed by atoms with E-state index >= 15 is 0 Å². The number of carbonyl (C=O) groups is 1. The molecule has 0 radical (unpaired) electrons. The summed E-state index contributed by atoms with van der Waals surface area (Å²) in [6.07, 6.45) is 0.0213. The van der Waals surface area contributed by atoms with Gasteiger partial charge in [0, 0.05) is 36.6 Å². The number of hydrogen-bond acceptors (Lipinski definition) is 5. The largest absolute Gasteiger partial charge is 0.481 e. The van der Waals surface area contributed by atoms with Crippen LogP contribution in [-0.4, -0.2) is 54.2 Å². The maximum absolute atomic E-state index is 11.4. The van der Waals surface area contributed by atoms with E-state index in [1.165, 1.54) is 16.9 Å². The van der Waals surface area contributed by atoms with Crippen LogP contribution in [-0.2, 0) is 11.2 Å². The number of benzene rings is 1. The lowest BCUT2D eigenvalue weighted by atomic mass is 9.96. The SMILES string of the molecule is Cc1cc(C)c(-c2nc(N3CCN(C)CC3)sc2CC(=O)O)c(C)c1. The van der Waals surface area contributed by atoms with Crippen LogP contribution >= 0.6 is 11.3 Å². The molecule has 0 saturated carbocycles. The molecule has 0 spiro atoms. The lowest BCUT2D eigenvalue weighted by Gasteiger charge is -2.32. The first kappa shape index (κ1) is 17.9. The number of rotatable bonds is 4. The second-order valence-electron chi connectivity index (χ2n) is 6.90. The van der Waals surface area contributed by atoms with E-state index in [1.54, 1.807) is 0 Å². The van der Waals surface area contributed by atoms with Gasteiger partial charge in [0.25, 0.3) is 0 Å². The molecule has 1 aromatic carbocycles. The summed E-state index contributed by atoms with van der Waals surface area (Å²) in [5.41, 5.74) is 5.45. The van der Waals surface area contributed by atoms with Gasteiger partial charge in [-0.3, -0.25) is 4.79 Å². The van der Waals surface area contributed by atoms with Gasteiger partial charge in [-0.1, -0.05) is 17.7 Å². The second kappa shape index (κ2) is 7.14. The number of aliphatic carboxylic acids is 1. The monoisotopic (exact) mass is 359 g/mol. The number of likely N-dealkylation sites (N-methyl/N-ethyl adjacent to an activating group) is 1. The van der Waals surface area contributed by atoms with Crippen LogP contribution in [0.3, 0.4) is 0 Å². The average molecular weight is 359 g/mol. The number of aryl methyl sites for hydroxylation is 3. The van der Waals surface area contributed by atoms with E-state index in [-0.39, 0.29) is 6.42 Å². The van der Waals surface area contributed by atoms with Crippen molar-refractivity contribution in [1.82, 2.24) is 9.88 Å². The van der Waals surface area contributed by atoms with Crippen LogP contribution in [0, 0.1) is 20.8 Å². The molecule has 1 aliphatic rings. The van der Waals surface area contributed by atoms with Crippen molar-refractivity contribution in [2.45, 2.75) is 27.2 Å². The Morgan fingerprint density at radius 2 is 1.76 bits per heavy atom. The van der Waals surface area contributed by atoms with Crippen LogP contribution < -0.4 is 4.90 Å². The summed E-state index contributed by atoms with van der Waals surface area (Å²) in [6, 6.07) is 4.28. The predicted molar refractivity (Wildman–Crippen MR) is 103 cm³/mol. The molecular weight excluding hydrogens is 334 g/mol. The van der Waals surface area contributed by atoms with Gasteiger partial charge in [0.2, 0.25) is 0 Å². The molecule has 5 nitrogen and oxygen atoms in total. The maximum Gasteiger partial charge on any atom is 0.308 e. The molecule has 134 valence electrons. The van der Waals surface area contributed by atoms with Gasteiger partial charge in [0.1, 0.15) is 0 Å². The van der Waals surface area contributed by atoms with Crippen molar-refractivity contribution in [1.29, 1.82) is 0 Å². The topological polar surface area (TPSA) is 56.7 Å². The Bertz CT molecular complexity index is 769. The van der Waals surface area contributed by atoms with Gasteiger partial charge in [0.15, 0.2) is 5.13 Å². The van der Waals surface area contributed by atoms with Crippen molar-refractivity contribution in [2.24, 2.45) is 0 Å². The molecule has 0 aliphatic carbocycles. The van der Waals surface area contributed by atoms with Crippen molar-refractivity contribution >= 4 is 22.4 Å². The van der Waals surface area contributed by atoms with Crippen LogP contribution in [0.4, 0.5) is 5.13 Å². The zero-order chi connectivity index (χ0) is 18.1. The Balaban J connectivity index is 2.04. The molecule has 25 heavy (non-hydrogen) atoms. The van der Waals surface area contributed by atoms with Gasteiger partial charge in [0.05, 0.1) is 12.1 Å². The first-order valence-electron chi connectivity index (χ1n) is 8.58. The third kappa shape index (κ3) is 3.85.